The number of rotatable bonds is 7. The Hall–Kier alpha value is -1.76. The van der Waals surface area contributed by atoms with Gasteiger partial charge in [-0.2, -0.15) is 13.2 Å². The molecule has 0 saturated heterocycles. The fourth-order valence-electron chi connectivity index (χ4n) is 1.74. The second-order valence-electron chi connectivity index (χ2n) is 4.52. The summed E-state index contributed by atoms with van der Waals surface area (Å²) < 4.78 is 43.2. The third kappa shape index (κ3) is 6.80. The highest BCUT2D eigenvalue weighted by molar-refractivity contribution is 5.79. The molecule has 0 amide bonds. The van der Waals surface area contributed by atoms with Gasteiger partial charge in [-0.25, -0.2) is 4.99 Å². The first kappa shape index (κ1) is 18.3. The minimum Gasteiger partial charge on any atom is -0.380 e. The van der Waals surface area contributed by atoms with Crippen LogP contribution in [0.2, 0.25) is 0 Å². The molecule has 0 aliphatic carbocycles. The van der Waals surface area contributed by atoms with E-state index in [1.165, 1.54) is 6.07 Å². The Morgan fingerprint density at radius 1 is 1.23 bits per heavy atom. The molecular weight excluding hydrogens is 295 g/mol. The van der Waals surface area contributed by atoms with Crippen molar-refractivity contribution in [3.05, 3.63) is 35.4 Å². The highest BCUT2D eigenvalue weighted by atomic mass is 19.4. The molecule has 1 aromatic carbocycles. The molecule has 0 fully saturated rings. The molecule has 124 valence electrons. The lowest BCUT2D eigenvalue weighted by Crippen LogP contribution is -2.39. The lowest BCUT2D eigenvalue weighted by atomic mass is 10.1. The van der Waals surface area contributed by atoms with Gasteiger partial charge in [-0.05, 0) is 31.5 Å². The van der Waals surface area contributed by atoms with Crippen LogP contribution in [0.15, 0.2) is 29.3 Å². The van der Waals surface area contributed by atoms with Gasteiger partial charge in [0, 0.05) is 19.7 Å². The fraction of sp³-hybridized carbons (Fsp3) is 0.533. The lowest BCUT2D eigenvalue weighted by molar-refractivity contribution is -0.137. The Balaban J connectivity index is 2.65. The predicted octanol–water partition coefficient (Wildman–Crippen LogP) is 2.80. The Bertz CT molecular complexity index is 475. The highest BCUT2D eigenvalue weighted by Crippen LogP contribution is 2.29. The second kappa shape index (κ2) is 9.30. The summed E-state index contributed by atoms with van der Waals surface area (Å²) in [6, 6.07) is 5.19. The number of hydrogen-bond donors (Lipinski definition) is 2. The summed E-state index contributed by atoms with van der Waals surface area (Å²) in [7, 11) is 0. The van der Waals surface area contributed by atoms with Crippen LogP contribution in [0, 0.1) is 0 Å². The van der Waals surface area contributed by atoms with Crippen molar-refractivity contribution < 1.29 is 17.9 Å². The van der Waals surface area contributed by atoms with E-state index in [1.807, 2.05) is 13.8 Å². The smallest absolute Gasteiger partial charge is 0.380 e. The average Bonchev–Trinajstić information content (AvgIpc) is 2.48. The third-order valence-electron chi connectivity index (χ3n) is 2.76. The van der Waals surface area contributed by atoms with Gasteiger partial charge in [-0.15, -0.1) is 0 Å². The molecule has 0 saturated carbocycles. The van der Waals surface area contributed by atoms with Crippen molar-refractivity contribution in [1.82, 2.24) is 10.6 Å². The SMILES string of the molecule is CCNC(=NCc1cccc(C(F)(F)F)c1)NCCOCC. The number of alkyl halides is 3. The average molecular weight is 317 g/mol. The quantitative estimate of drug-likeness (QED) is 0.462. The monoisotopic (exact) mass is 317 g/mol. The molecule has 0 unspecified atom stereocenters. The maximum Gasteiger partial charge on any atom is 0.416 e. The van der Waals surface area contributed by atoms with Crippen molar-refractivity contribution in [2.45, 2.75) is 26.6 Å². The first-order chi connectivity index (χ1) is 10.5. The van der Waals surface area contributed by atoms with Crippen LogP contribution in [0.4, 0.5) is 13.2 Å². The van der Waals surface area contributed by atoms with E-state index in [4.69, 9.17) is 4.74 Å². The van der Waals surface area contributed by atoms with Crippen molar-refractivity contribution in [3.8, 4) is 0 Å². The van der Waals surface area contributed by atoms with Crippen LogP contribution < -0.4 is 10.6 Å². The molecule has 0 radical (unpaired) electrons. The van der Waals surface area contributed by atoms with Crippen LogP contribution in [0.5, 0.6) is 0 Å². The highest BCUT2D eigenvalue weighted by Gasteiger charge is 2.30. The van der Waals surface area contributed by atoms with Crippen LogP contribution in [0.1, 0.15) is 25.0 Å². The zero-order valence-electron chi connectivity index (χ0n) is 12.8. The Labute approximate surface area is 128 Å². The summed E-state index contributed by atoms with van der Waals surface area (Å²) in [4.78, 5) is 4.28. The van der Waals surface area contributed by atoms with E-state index in [9.17, 15) is 13.2 Å². The Morgan fingerprint density at radius 3 is 2.64 bits per heavy atom. The summed E-state index contributed by atoms with van der Waals surface area (Å²) >= 11 is 0. The van der Waals surface area contributed by atoms with E-state index in [2.05, 4.69) is 15.6 Å². The predicted molar refractivity (Wildman–Crippen MR) is 80.8 cm³/mol. The molecule has 4 nitrogen and oxygen atoms in total. The van der Waals surface area contributed by atoms with E-state index in [0.717, 1.165) is 12.1 Å². The van der Waals surface area contributed by atoms with Gasteiger partial charge in [0.2, 0.25) is 0 Å². The molecule has 7 heteroatoms. The number of guanidine groups is 1. The van der Waals surface area contributed by atoms with E-state index in [1.54, 1.807) is 6.07 Å². The molecule has 0 aliphatic heterocycles. The number of aliphatic imine (C=N–C) groups is 1. The fourth-order valence-corrected chi connectivity index (χ4v) is 1.74. The van der Waals surface area contributed by atoms with Crippen LogP contribution in [-0.4, -0.2) is 32.3 Å². The normalized spacial score (nSPS) is 12.3. The molecule has 2 N–H and O–H groups in total. The second-order valence-corrected chi connectivity index (χ2v) is 4.52. The van der Waals surface area contributed by atoms with Gasteiger partial charge in [0.25, 0.3) is 0 Å². The summed E-state index contributed by atoms with van der Waals surface area (Å²) in [6.07, 6.45) is -4.33. The van der Waals surface area contributed by atoms with Crippen LogP contribution in [-0.2, 0) is 17.5 Å². The number of nitrogens with zero attached hydrogens (tertiary/aromatic N) is 1. The number of benzene rings is 1. The lowest BCUT2D eigenvalue weighted by Gasteiger charge is -2.12. The molecule has 1 rings (SSSR count). The standard InChI is InChI=1S/C15H22F3N3O/c1-3-19-14(20-8-9-22-4-2)21-11-12-6-5-7-13(10-12)15(16,17)18/h5-7,10H,3-4,8-9,11H2,1-2H3,(H2,19,20,21). The number of nitrogens with one attached hydrogen (secondary N) is 2. The van der Waals surface area contributed by atoms with Crippen LogP contribution >= 0.6 is 0 Å². The molecule has 0 bridgehead atoms. The third-order valence-corrected chi connectivity index (χ3v) is 2.76. The van der Waals surface area contributed by atoms with Gasteiger partial charge in [-0.3, -0.25) is 0 Å². The molecule has 1 aromatic rings. The van der Waals surface area contributed by atoms with Gasteiger partial charge in [0.1, 0.15) is 0 Å². The van der Waals surface area contributed by atoms with Gasteiger partial charge < -0.3 is 15.4 Å². The summed E-state index contributed by atoms with van der Waals surface area (Å²) in [5, 5.41) is 6.10. The molecule has 0 heterocycles. The molecule has 0 aliphatic rings. The van der Waals surface area contributed by atoms with Crippen LogP contribution in [0.3, 0.4) is 0 Å². The maximum atomic E-state index is 12.7. The van der Waals surface area contributed by atoms with E-state index in [0.29, 0.717) is 37.8 Å². The van der Waals surface area contributed by atoms with Crippen molar-refractivity contribution in [1.29, 1.82) is 0 Å². The molecule has 0 aromatic heterocycles. The molecule has 22 heavy (non-hydrogen) atoms. The largest absolute Gasteiger partial charge is 0.416 e. The number of ether oxygens (including phenoxy) is 1. The van der Waals surface area contributed by atoms with Crippen molar-refractivity contribution in [2.24, 2.45) is 4.99 Å². The Morgan fingerprint density at radius 2 is 2.00 bits per heavy atom. The van der Waals surface area contributed by atoms with Crippen molar-refractivity contribution in [2.75, 3.05) is 26.3 Å². The minimum absolute atomic E-state index is 0.174. The maximum absolute atomic E-state index is 12.7. The first-order valence-electron chi connectivity index (χ1n) is 7.23. The van der Waals surface area contributed by atoms with Crippen molar-refractivity contribution >= 4 is 5.96 Å². The number of hydrogen-bond acceptors (Lipinski definition) is 2. The topological polar surface area (TPSA) is 45.7 Å². The van der Waals surface area contributed by atoms with Crippen LogP contribution in [0.25, 0.3) is 0 Å². The first-order valence-corrected chi connectivity index (χ1v) is 7.23. The van der Waals surface area contributed by atoms with E-state index >= 15 is 0 Å². The summed E-state index contributed by atoms with van der Waals surface area (Å²) in [5.41, 5.74) is -0.147. The number of halogens is 3. The van der Waals surface area contributed by atoms with E-state index < -0.39 is 11.7 Å². The zero-order valence-corrected chi connectivity index (χ0v) is 12.8. The van der Waals surface area contributed by atoms with E-state index in [-0.39, 0.29) is 6.54 Å². The zero-order chi connectivity index (χ0) is 16.4. The molecular formula is C15H22F3N3O. The van der Waals surface area contributed by atoms with Gasteiger partial charge >= 0.3 is 6.18 Å². The molecule has 0 atom stereocenters. The van der Waals surface area contributed by atoms with Crippen molar-refractivity contribution in [3.63, 3.8) is 0 Å². The minimum atomic E-state index is -4.33. The summed E-state index contributed by atoms with van der Waals surface area (Å²) in [6.45, 7) is 6.44. The van der Waals surface area contributed by atoms with Gasteiger partial charge in [-0.1, -0.05) is 12.1 Å². The Kier molecular flexibility index (Phi) is 7.73. The van der Waals surface area contributed by atoms with Gasteiger partial charge in [0.05, 0.1) is 18.7 Å². The summed E-state index contributed by atoms with van der Waals surface area (Å²) in [5.74, 6) is 0.555. The van der Waals surface area contributed by atoms with Gasteiger partial charge in [0.15, 0.2) is 5.96 Å². The molecule has 0 spiro atoms.